The van der Waals surface area contributed by atoms with Gasteiger partial charge in [-0.15, -0.1) is 16.9 Å². The van der Waals surface area contributed by atoms with E-state index in [1.54, 1.807) is 92.1 Å². The molecule has 0 saturated heterocycles. The van der Waals surface area contributed by atoms with Crippen LogP contribution in [0.15, 0.2) is 248 Å². The number of carbonyl (C=O) groups excluding carboxylic acids is 8. The maximum atomic E-state index is 10.6. The van der Waals surface area contributed by atoms with Gasteiger partial charge in [-0.3, -0.25) is 0 Å². The molecule has 0 unspecified atom stereocenters. The van der Waals surface area contributed by atoms with Crippen LogP contribution in [-0.4, -0.2) is 61.0 Å². The molecule has 9 aromatic rings. The highest BCUT2D eigenvalue weighted by atomic mass is 35.5. The molecule has 0 aliphatic heterocycles. The maximum absolute atomic E-state index is 10.6. The molecular weight excluding hydrogens is 1570 g/mol. The number of benzene rings is 9. The Morgan fingerprint density at radius 1 is 0.430 bits per heavy atom. The van der Waals surface area contributed by atoms with Crippen LogP contribution in [0.25, 0.3) is 22.3 Å². The number of carbonyl (C=O) groups is 1. The van der Waals surface area contributed by atoms with Crippen LogP contribution in [0.4, 0.5) is 28.4 Å². The topological polar surface area (TPSA) is 265 Å². The molecule has 0 saturated carbocycles. The zero-order chi connectivity index (χ0) is 86.4. The molecular formula is C90H90Cl6N8O10. The normalized spacial score (nSPS) is 9.37. The van der Waals surface area contributed by atoms with Crippen molar-refractivity contribution >= 4 is 158 Å². The first kappa shape index (κ1) is 102. The lowest BCUT2D eigenvalue weighted by Crippen LogP contribution is -2.13. The number of aliphatic imine (C=N–C) groups is 7. The van der Waals surface area contributed by atoms with E-state index in [-0.39, 0.29) is 5.97 Å². The minimum atomic E-state index is -0.521. The van der Waals surface area contributed by atoms with E-state index in [2.05, 4.69) is 54.7 Å². The van der Waals surface area contributed by atoms with Gasteiger partial charge in [0, 0.05) is 26.5 Å². The molecule has 0 spiro atoms. The fourth-order valence-electron chi connectivity index (χ4n) is 8.49. The molecule has 0 atom stereocenters. The summed E-state index contributed by atoms with van der Waals surface area (Å²) in [5, 5.41) is 11.3. The molecule has 0 aliphatic rings. The number of allylic oxidation sites excluding steroid dienone is 2. The van der Waals surface area contributed by atoms with E-state index < -0.39 is 11.1 Å². The van der Waals surface area contributed by atoms with Crippen LogP contribution in [0.3, 0.4) is 0 Å². The monoisotopic (exact) mass is 1650 g/mol. The van der Waals surface area contributed by atoms with Gasteiger partial charge in [-0.2, -0.15) is 34.9 Å². The van der Waals surface area contributed by atoms with E-state index in [0.717, 1.165) is 96.6 Å². The minimum absolute atomic E-state index is 0.295. The van der Waals surface area contributed by atoms with Crippen molar-refractivity contribution in [3.63, 3.8) is 0 Å². The van der Waals surface area contributed by atoms with Crippen molar-refractivity contribution in [3.8, 4) is 23.1 Å². The Labute approximate surface area is 698 Å². The smallest absolute Gasteiger partial charge is 0.333 e. The number of halogens is 6. The van der Waals surface area contributed by atoms with Crippen molar-refractivity contribution in [2.75, 3.05) is 12.5 Å². The summed E-state index contributed by atoms with van der Waals surface area (Å²) < 4.78 is 9.43. The second kappa shape index (κ2) is 57.4. The Morgan fingerprint density at radius 3 is 1.25 bits per heavy atom. The number of nitriles is 1. The second-order valence-electron chi connectivity index (χ2n) is 25.2. The van der Waals surface area contributed by atoms with E-state index in [9.17, 15) is 38.4 Å². The van der Waals surface area contributed by atoms with Crippen LogP contribution < -0.4 is 4.74 Å². The molecule has 0 N–H and O–H groups in total. The average Bonchev–Trinajstić information content (AvgIpc) is 0.843. The Kier molecular flexibility index (Phi) is 51.5. The standard InChI is InChI=1S/C14H9Cl2NO.2C13H15NO.3C8H6ClNO.2C8H7NO.C7H12O2.C3H7Cl/c1-9-2-3-10(6-12(9)15)11-4-5-14(18-8-17)13(16)7-11;2*1-10(2)11-6-5-7-12(8-11)13(3,4)14-9-15;1-6-2-7(9)4-8(3-6)10-5-11;1-6-4-7(10-5-11)2-3-8(6)9;1-6-3-2-4-7(9)8(6)10-5-11;2*1-7-3-2-4-8(5-7)9-6-10;1-4-5-9-7(8)6(2)3;1-2-3-4/h2-7H,1H3;2*5-8H,1H2,2-4H3;3*2-4H,1H3;2*2-5H,1H3;2,4-5H2,1,3H3;2-3H2,1H3. The van der Waals surface area contributed by atoms with Gasteiger partial charge in [0.2, 0.25) is 42.6 Å². The molecule has 0 heterocycles. The molecule has 0 radical (unpaired) electrons. The summed E-state index contributed by atoms with van der Waals surface area (Å²) in [6.07, 6.45) is 14.1. The van der Waals surface area contributed by atoms with Crippen molar-refractivity contribution in [3.05, 3.63) is 294 Å². The molecule has 592 valence electrons. The van der Waals surface area contributed by atoms with Crippen molar-refractivity contribution < 1.29 is 47.8 Å². The number of isocyanates is 7. The van der Waals surface area contributed by atoms with Gasteiger partial charge < -0.3 is 9.47 Å². The number of hydrogen-bond donors (Lipinski definition) is 0. The van der Waals surface area contributed by atoms with Crippen LogP contribution >= 0.6 is 69.6 Å². The number of aryl methyl sites for hydroxylation is 6. The molecule has 18 nitrogen and oxygen atoms in total. The van der Waals surface area contributed by atoms with Gasteiger partial charge in [0.05, 0.1) is 56.2 Å². The molecule has 0 aliphatic carbocycles. The van der Waals surface area contributed by atoms with E-state index >= 15 is 0 Å². The average molecular weight is 1660 g/mol. The fourth-order valence-corrected chi connectivity index (χ4v) is 9.55. The summed E-state index contributed by atoms with van der Waals surface area (Å²) in [7, 11) is 0. The first-order valence-electron chi connectivity index (χ1n) is 34.6. The molecule has 9 aromatic carbocycles. The Balaban J connectivity index is 0.00000126. The first-order valence-corrected chi connectivity index (χ1v) is 37.0. The van der Waals surface area contributed by atoms with Gasteiger partial charge in [-0.1, -0.05) is 194 Å². The number of para-hydroxylation sites is 1. The van der Waals surface area contributed by atoms with Gasteiger partial charge in [0.25, 0.3) is 6.26 Å². The highest BCUT2D eigenvalue weighted by Gasteiger charge is 2.21. The molecule has 114 heavy (non-hydrogen) atoms. The van der Waals surface area contributed by atoms with Gasteiger partial charge in [0.15, 0.2) is 5.75 Å². The Hall–Kier alpha value is -11.6. The zero-order valence-electron chi connectivity index (χ0n) is 66.3. The van der Waals surface area contributed by atoms with Crippen molar-refractivity contribution in [2.45, 2.75) is 128 Å². The molecule has 0 fully saturated rings. The summed E-state index contributed by atoms with van der Waals surface area (Å²) in [6, 6.07) is 57.2. The number of alkyl halides is 1. The quantitative estimate of drug-likeness (QED) is 0.0206. The number of hydrogen-bond acceptors (Lipinski definition) is 18. The molecule has 0 aromatic heterocycles. The predicted molar refractivity (Wildman–Crippen MR) is 464 cm³/mol. The van der Waals surface area contributed by atoms with Crippen LogP contribution in [0.2, 0.25) is 25.1 Å². The number of nitrogens with zero attached hydrogens (tertiary/aromatic N) is 8. The van der Waals surface area contributed by atoms with Crippen molar-refractivity contribution in [1.29, 1.82) is 5.26 Å². The minimum Gasteiger partial charge on any atom is -0.462 e. The third kappa shape index (κ3) is 42.7. The maximum Gasteiger partial charge on any atom is 0.333 e. The van der Waals surface area contributed by atoms with Gasteiger partial charge >= 0.3 is 5.97 Å². The second-order valence-corrected chi connectivity index (χ2v) is 27.6. The summed E-state index contributed by atoms with van der Waals surface area (Å²) in [6.45, 7) is 40.2. The van der Waals surface area contributed by atoms with Gasteiger partial charge in [-0.05, 0) is 267 Å². The summed E-state index contributed by atoms with van der Waals surface area (Å²) >= 11 is 34.5. The SMILES string of the molecule is C=C(C)C(=O)OCCC.C=C(C)c1cccc(C(C)(C)N=C=O)c1.C=C(C)c1cccc(C(C)(C)N=C=O)c1.CCCCl.Cc1cc(Cl)cc(N=C=O)c1.Cc1cc(N=C=O)ccc1Cl.Cc1ccc(-c2ccc(OC#N)c(Cl)c2)cc1Cl.Cc1cccc(Cl)c1N=C=O.Cc1cccc(N=C=O)c1.Cc1cccc(N=C=O)c1. The van der Waals surface area contributed by atoms with Crippen molar-refractivity contribution in [2.24, 2.45) is 34.9 Å². The third-order valence-corrected chi connectivity index (χ3v) is 16.6. The van der Waals surface area contributed by atoms with Crippen LogP contribution in [-0.2, 0) is 54.2 Å². The summed E-state index contributed by atoms with van der Waals surface area (Å²) in [5.74, 6) is 0.845. The summed E-state index contributed by atoms with van der Waals surface area (Å²) in [4.78, 5) is 105. The molecule has 0 amide bonds. The van der Waals surface area contributed by atoms with E-state index in [1.165, 1.54) is 30.4 Å². The van der Waals surface area contributed by atoms with Crippen LogP contribution in [0.1, 0.15) is 131 Å². The van der Waals surface area contributed by atoms with Crippen LogP contribution in [0.5, 0.6) is 5.75 Å². The van der Waals surface area contributed by atoms with Crippen molar-refractivity contribution in [1.82, 2.24) is 0 Å². The number of rotatable bonds is 17. The lowest BCUT2D eigenvalue weighted by molar-refractivity contribution is -0.138. The highest BCUT2D eigenvalue weighted by molar-refractivity contribution is 6.33. The van der Waals surface area contributed by atoms with E-state index in [4.69, 9.17) is 84.3 Å². The first-order chi connectivity index (χ1) is 54.0. The predicted octanol–water partition coefficient (Wildman–Crippen LogP) is 26.3. The van der Waals surface area contributed by atoms with E-state index in [0.29, 0.717) is 71.5 Å². The number of ether oxygens (including phenoxy) is 2. The van der Waals surface area contributed by atoms with Crippen LogP contribution in [0, 0.1) is 53.1 Å². The lowest BCUT2D eigenvalue weighted by Gasteiger charge is -2.18. The fraction of sp³-hybridized carbons (Fsp3) is 0.233. The zero-order valence-corrected chi connectivity index (χ0v) is 70.8. The lowest BCUT2D eigenvalue weighted by atomic mass is 9.92. The highest BCUT2D eigenvalue weighted by Crippen LogP contribution is 2.34. The largest absolute Gasteiger partial charge is 0.462 e. The van der Waals surface area contributed by atoms with E-state index in [1.807, 2.05) is 218 Å². The molecule has 9 rings (SSSR count). The summed E-state index contributed by atoms with van der Waals surface area (Å²) in [5.41, 5.74) is 16.4. The third-order valence-electron chi connectivity index (χ3n) is 14.6. The molecule has 24 heteroatoms. The Bertz CT molecular complexity index is 4900. The number of esters is 1. The van der Waals surface area contributed by atoms with Gasteiger partial charge in [0.1, 0.15) is 0 Å². The molecule has 0 bridgehead atoms. The van der Waals surface area contributed by atoms with Gasteiger partial charge in [-0.25, -0.2) is 38.4 Å². The Morgan fingerprint density at radius 2 is 0.868 bits per heavy atom.